The minimum Gasteiger partial charge on any atom is -1.00 e. The quantitative estimate of drug-likeness (QED) is 0.298. The van der Waals surface area contributed by atoms with Gasteiger partial charge in [0, 0.05) is 0 Å². The fraction of sp³-hybridized carbons (Fsp3) is 0. The number of hydrogen-bond donors (Lipinski definition) is 2. The largest absolute Gasteiger partial charge is 2.00 e. The fourth-order valence-electron chi connectivity index (χ4n) is 0. The fourth-order valence-corrected chi connectivity index (χ4v) is 0. The number of nitrogens with zero attached hydrogens (tertiary/aromatic N) is 2. The summed E-state index contributed by atoms with van der Waals surface area (Å²) in [6.07, 6.45) is 0. The maximum atomic E-state index is 7.18. The first-order valence-electron chi connectivity index (χ1n) is 0.894. The van der Waals surface area contributed by atoms with Gasteiger partial charge in [0.05, 0.1) is 0 Å². The van der Waals surface area contributed by atoms with E-state index < -0.39 is 0 Å². The molecule has 7 heavy (non-hydrogen) atoms. The summed E-state index contributed by atoms with van der Waals surface area (Å²) in [5.41, 5.74) is 0. The van der Waals surface area contributed by atoms with Crippen molar-refractivity contribution in [2.75, 3.05) is 0 Å². The van der Waals surface area contributed by atoms with Crippen LogP contribution in [0.5, 0.6) is 0 Å². The summed E-state index contributed by atoms with van der Waals surface area (Å²) in [6.45, 7) is 0. The number of nitriles is 2. The van der Waals surface area contributed by atoms with Gasteiger partial charge in [-0.1, -0.05) is 25.3 Å². The topological polar surface area (TPSA) is 47.6 Å². The Hall–Kier alpha value is 0.446. The number of thiocyanates is 2. The van der Waals surface area contributed by atoms with Gasteiger partial charge in [-0.25, -0.2) is 0 Å². The smallest absolute Gasteiger partial charge is 1.00 e. The molecule has 0 aromatic heterocycles. The van der Waals surface area contributed by atoms with Crippen LogP contribution in [0.15, 0.2) is 0 Å². The second kappa shape index (κ2) is 32.0. The third-order valence-corrected chi connectivity index (χ3v) is 0. The molecule has 0 saturated carbocycles. The molecule has 0 radical (unpaired) electrons. The maximum Gasteiger partial charge on any atom is 2.00 e. The molecule has 0 aliphatic carbocycles. The molecule has 0 aromatic carbocycles. The van der Waals surface area contributed by atoms with Crippen LogP contribution < -0.4 is 0 Å². The molecule has 0 atom stereocenters. The molecule has 36 valence electrons. The van der Waals surface area contributed by atoms with Gasteiger partial charge < -0.3 is 2.85 Å². The molecule has 0 amide bonds. The minimum absolute atomic E-state index is 0. The van der Waals surface area contributed by atoms with Crippen molar-refractivity contribution in [3.63, 3.8) is 0 Å². The molecule has 0 spiro atoms. The van der Waals surface area contributed by atoms with E-state index in [2.05, 4.69) is 25.3 Å². The van der Waals surface area contributed by atoms with Crippen LogP contribution in [0.25, 0.3) is 0 Å². The standard InChI is InChI=1S/2CHNS.Mg.2H/c2*2-1-3;;;/h2*3H;;;/q;;+2;2*-1. The summed E-state index contributed by atoms with van der Waals surface area (Å²) in [4.78, 5) is 0. The van der Waals surface area contributed by atoms with Crippen molar-refractivity contribution in [2.45, 2.75) is 0 Å². The molecular weight excluding hydrogens is 140 g/mol. The Balaban J connectivity index is -0.00000000889. The second-order valence-electron chi connectivity index (χ2n) is 0.200. The summed E-state index contributed by atoms with van der Waals surface area (Å²) in [5, 5.41) is 17.3. The molecule has 0 saturated heterocycles. The molecule has 0 unspecified atom stereocenters. The Bertz CT molecular complexity index is 75.5. The first-order valence-corrected chi connectivity index (χ1v) is 1.79. The van der Waals surface area contributed by atoms with E-state index in [0.717, 1.165) is 0 Å². The van der Waals surface area contributed by atoms with Crippen LogP contribution in [-0.4, -0.2) is 23.1 Å². The zero-order valence-electron chi connectivity index (χ0n) is 5.50. The average Bonchev–Trinajstić information content (AvgIpc) is 1.39. The summed E-state index contributed by atoms with van der Waals surface area (Å²) in [7, 11) is 0. The van der Waals surface area contributed by atoms with E-state index in [4.69, 9.17) is 10.5 Å². The molecule has 0 fully saturated rings. The van der Waals surface area contributed by atoms with E-state index in [1.165, 1.54) is 10.8 Å². The molecule has 0 N–H and O–H groups in total. The molecule has 0 aliphatic rings. The van der Waals surface area contributed by atoms with Crippen molar-refractivity contribution in [1.29, 1.82) is 10.5 Å². The van der Waals surface area contributed by atoms with Gasteiger partial charge >= 0.3 is 23.1 Å². The van der Waals surface area contributed by atoms with Crippen LogP contribution in [0.1, 0.15) is 2.85 Å². The van der Waals surface area contributed by atoms with Gasteiger partial charge in [-0.05, 0) is 0 Å². The molecule has 0 rings (SSSR count). The Morgan fingerprint density at radius 1 is 1.14 bits per heavy atom. The first-order chi connectivity index (χ1) is 2.83. The summed E-state index contributed by atoms with van der Waals surface area (Å²) < 4.78 is 0. The van der Waals surface area contributed by atoms with Crippen LogP contribution in [0.3, 0.4) is 0 Å². The van der Waals surface area contributed by atoms with Crippen molar-refractivity contribution < 1.29 is 2.85 Å². The van der Waals surface area contributed by atoms with Crippen molar-refractivity contribution in [2.24, 2.45) is 0 Å². The third kappa shape index (κ3) is 640. The van der Waals surface area contributed by atoms with Gasteiger partial charge in [0.15, 0.2) is 0 Å². The Morgan fingerprint density at radius 2 is 1.14 bits per heavy atom. The van der Waals surface area contributed by atoms with E-state index in [9.17, 15) is 0 Å². The van der Waals surface area contributed by atoms with Gasteiger partial charge in [0.1, 0.15) is 10.8 Å². The molecule has 0 aromatic rings. The molecule has 0 bridgehead atoms. The van der Waals surface area contributed by atoms with Crippen LogP contribution in [0.2, 0.25) is 0 Å². The molecule has 5 heteroatoms. The third-order valence-electron chi connectivity index (χ3n) is 0. The summed E-state index contributed by atoms with van der Waals surface area (Å²) in [5.74, 6) is 0. The SMILES string of the molecule is N#CS.N#CS.[H-].[H-].[Mg+2]. The molecular formula is C2H4MgN2S2. The van der Waals surface area contributed by atoms with Crippen molar-refractivity contribution in [1.82, 2.24) is 0 Å². The Kier molecular flexibility index (Phi) is 71.4. The zero-order valence-corrected chi connectivity index (χ0v) is 6.70. The first kappa shape index (κ1) is 15.7. The minimum atomic E-state index is 0. The number of rotatable bonds is 0. The number of thiol groups is 2. The molecule has 0 aliphatic heterocycles. The van der Waals surface area contributed by atoms with Gasteiger partial charge in [-0.2, -0.15) is 10.5 Å². The van der Waals surface area contributed by atoms with E-state index in [0.29, 0.717) is 0 Å². The van der Waals surface area contributed by atoms with E-state index in [-0.39, 0.29) is 25.9 Å². The van der Waals surface area contributed by atoms with Gasteiger partial charge in [-0.15, -0.1) is 0 Å². The van der Waals surface area contributed by atoms with Gasteiger partial charge in [-0.3, -0.25) is 0 Å². The van der Waals surface area contributed by atoms with Crippen LogP contribution in [-0.2, 0) is 0 Å². The normalized spacial score (nSPS) is 2.29. The summed E-state index contributed by atoms with van der Waals surface area (Å²) in [6, 6.07) is 0. The van der Waals surface area contributed by atoms with Gasteiger partial charge in [0.25, 0.3) is 0 Å². The van der Waals surface area contributed by atoms with Crippen LogP contribution in [0.4, 0.5) is 0 Å². The molecule has 0 heterocycles. The van der Waals surface area contributed by atoms with Crippen LogP contribution >= 0.6 is 25.3 Å². The Morgan fingerprint density at radius 3 is 1.14 bits per heavy atom. The number of hydrogen-bond acceptors (Lipinski definition) is 4. The monoisotopic (exact) mass is 144 g/mol. The van der Waals surface area contributed by atoms with E-state index in [1.807, 2.05) is 0 Å². The van der Waals surface area contributed by atoms with Gasteiger partial charge in [0.2, 0.25) is 0 Å². The predicted molar refractivity (Wildman–Crippen MR) is 37.2 cm³/mol. The molecule has 2 nitrogen and oxygen atoms in total. The Labute approximate surface area is 72.4 Å². The maximum absolute atomic E-state index is 7.18. The van der Waals surface area contributed by atoms with Crippen LogP contribution in [0, 0.1) is 21.3 Å². The average molecular weight is 145 g/mol. The zero-order chi connectivity index (χ0) is 5.41. The van der Waals surface area contributed by atoms with E-state index >= 15 is 0 Å². The predicted octanol–water partition coefficient (Wildman–Crippen LogP) is 0.639. The summed E-state index contributed by atoms with van der Waals surface area (Å²) >= 11 is 6.19. The van der Waals surface area contributed by atoms with Crippen molar-refractivity contribution in [3.8, 4) is 10.8 Å². The van der Waals surface area contributed by atoms with Crippen molar-refractivity contribution in [3.05, 3.63) is 0 Å². The van der Waals surface area contributed by atoms with E-state index in [1.54, 1.807) is 0 Å². The van der Waals surface area contributed by atoms with Crippen molar-refractivity contribution >= 4 is 48.3 Å². The second-order valence-corrected chi connectivity index (χ2v) is 0.600.